The van der Waals surface area contributed by atoms with Crippen LogP contribution in [-0.2, 0) is 17.5 Å². The van der Waals surface area contributed by atoms with E-state index in [1.807, 2.05) is 0 Å². The van der Waals surface area contributed by atoms with Crippen LogP contribution in [0.5, 0.6) is 0 Å². The Bertz CT molecular complexity index is 1400. The van der Waals surface area contributed by atoms with E-state index in [-0.39, 0.29) is 40.5 Å². The number of aromatic nitrogens is 3. The van der Waals surface area contributed by atoms with Crippen LogP contribution in [-0.4, -0.2) is 37.6 Å². The molecule has 4 saturated carbocycles. The monoisotopic (exact) mass is 540 g/mol. The van der Waals surface area contributed by atoms with E-state index < -0.39 is 23.6 Å². The van der Waals surface area contributed by atoms with Crippen LogP contribution >= 0.6 is 0 Å². The summed E-state index contributed by atoms with van der Waals surface area (Å²) >= 11 is 0. The molecule has 0 spiro atoms. The molecular weight excluding hydrogens is 513 g/mol. The first-order valence-electron chi connectivity index (χ1n) is 13.0. The fraction of sp³-hybridized carbons (Fsp3) is 0.429. The zero-order valence-electron chi connectivity index (χ0n) is 20.9. The van der Waals surface area contributed by atoms with E-state index in [2.05, 4.69) is 15.5 Å². The van der Waals surface area contributed by atoms with E-state index >= 15 is 0 Å². The predicted octanol–water partition coefficient (Wildman–Crippen LogP) is 5.72. The first-order valence-corrected chi connectivity index (χ1v) is 13.0. The molecule has 0 atom stereocenters. The Labute approximate surface area is 222 Å². The standard InChI is InChI=1S/C28H27F3N4O4/c29-28(30,31)21-6-1-2-7-23(21)35-33-22(15-39-27-12-16-8-17(13-27)10-18(9-16)14-27)24(34-35)25(36)32-20-5-3-4-19(11-20)26(37)38/h1-7,11,16-18H,8-10,12-15H2,(H,32,36)(H,37,38). The van der Waals surface area contributed by atoms with Gasteiger partial charge in [0.05, 0.1) is 29.0 Å². The zero-order valence-corrected chi connectivity index (χ0v) is 20.9. The molecule has 4 aliphatic carbocycles. The number of nitrogens with zero attached hydrogens (tertiary/aromatic N) is 3. The van der Waals surface area contributed by atoms with Crippen LogP contribution in [0.3, 0.4) is 0 Å². The van der Waals surface area contributed by atoms with Crippen molar-refractivity contribution in [1.29, 1.82) is 0 Å². The molecule has 8 nitrogen and oxygen atoms in total. The van der Waals surface area contributed by atoms with Crippen LogP contribution in [0.2, 0.25) is 0 Å². The molecule has 204 valence electrons. The highest BCUT2D eigenvalue weighted by Gasteiger charge is 2.51. The lowest BCUT2D eigenvalue weighted by Crippen LogP contribution is -2.51. The summed E-state index contributed by atoms with van der Waals surface area (Å²) in [5, 5.41) is 20.3. The van der Waals surface area contributed by atoms with Crippen molar-refractivity contribution < 1.29 is 32.6 Å². The molecule has 4 fully saturated rings. The van der Waals surface area contributed by atoms with Gasteiger partial charge >= 0.3 is 12.1 Å². The predicted molar refractivity (Wildman–Crippen MR) is 133 cm³/mol. The number of carboxylic acids is 1. The molecule has 0 unspecified atom stereocenters. The third-order valence-electron chi connectivity index (χ3n) is 8.19. The third kappa shape index (κ3) is 5.03. The average molecular weight is 541 g/mol. The molecular formula is C28H27F3N4O4. The highest BCUT2D eigenvalue weighted by molar-refractivity contribution is 6.04. The van der Waals surface area contributed by atoms with Gasteiger partial charge in [0.2, 0.25) is 0 Å². The molecule has 1 amide bonds. The van der Waals surface area contributed by atoms with Gasteiger partial charge in [0.15, 0.2) is 5.69 Å². The van der Waals surface area contributed by atoms with Crippen molar-refractivity contribution in [2.45, 2.75) is 56.9 Å². The van der Waals surface area contributed by atoms with Crippen molar-refractivity contribution in [3.8, 4) is 5.69 Å². The number of ether oxygens (including phenoxy) is 1. The van der Waals surface area contributed by atoms with Gasteiger partial charge in [-0.15, -0.1) is 15.0 Å². The van der Waals surface area contributed by atoms with Gasteiger partial charge in [-0.25, -0.2) is 4.79 Å². The van der Waals surface area contributed by atoms with Crippen LogP contribution in [0.25, 0.3) is 5.69 Å². The van der Waals surface area contributed by atoms with Crippen molar-refractivity contribution in [2.75, 3.05) is 5.32 Å². The van der Waals surface area contributed by atoms with Crippen LogP contribution in [0.1, 0.15) is 70.6 Å². The fourth-order valence-electron chi connectivity index (χ4n) is 6.96. The summed E-state index contributed by atoms with van der Waals surface area (Å²) in [7, 11) is 0. The number of hydrogen-bond donors (Lipinski definition) is 2. The van der Waals surface area contributed by atoms with Crippen molar-refractivity contribution in [2.24, 2.45) is 17.8 Å². The SMILES string of the molecule is O=C(O)c1cccc(NC(=O)c2nn(-c3ccccc3C(F)(F)F)nc2COC23CC4CC(CC(C4)C2)C3)c1. The number of amides is 1. The average Bonchev–Trinajstić information content (AvgIpc) is 3.31. The molecule has 0 aliphatic heterocycles. The van der Waals surface area contributed by atoms with Gasteiger partial charge in [0, 0.05) is 5.69 Å². The minimum Gasteiger partial charge on any atom is -0.478 e. The van der Waals surface area contributed by atoms with Gasteiger partial charge in [-0.1, -0.05) is 18.2 Å². The molecule has 1 heterocycles. The van der Waals surface area contributed by atoms with E-state index in [1.54, 1.807) is 0 Å². The number of aromatic carboxylic acids is 1. The highest BCUT2D eigenvalue weighted by Crippen LogP contribution is 2.57. The minimum absolute atomic E-state index is 0.0269. The molecule has 11 heteroatoms. The molecule has 4 bridgehead atoms. The van der Waals surface area contributed by atoms with E-state index in [0.29, 0.717) is 17.8 Å². The summed E-state index contributed by atoms with van der Waals surface area (Å²) < 4.78 is 47.7. The van der Waals surface area contributed by atoms with E-state index in [0.717, 1.165) is 30.1 Å². The van der Waals surface area contributed by atoms with Crippen molar-refractivity contribution in [3.63, 3.8) is 0 Å². The van der Waals surface area contributed by atoms with Gasteiger partial charge in [-0.05, 0) is 86.6 Å². The van der Waals surface area contributed by atoms with Gasteiger partial charge < -0.3 is 15.2 Å². The Kier molecular flexibility index (Phi) is 6.21. The Morgan fingerprint density at radius 1 is 1.00 bits per heavy atom. The first kappa shape index (κ1) is 25.5. The van der Waals surface area contributed by atoms with Crippen LogP contribution in [0.15, 0.2) is 48.5 Å². The number of rotatable bonds is 7. The lowest BCUT2D eigenvalue weighted by atomic mass is 9.54. The maximum absolute atomic E-state index is 13.7. The molecule has 3 aromatic rings. The molecule has 1 aromatic heterocycles. The van der Waals surface area contributed by atoms with Crippen molar-refractivity contribution in [3.05, 3.63) is 71.0 Å². The fourth-order valence-corrected chi connectivity index (χ4v) is 6.96. The first-order chi connectivity index (χ1) is 18.6. The number of halogens is 3. The second kappa shape index (κ2) is 9.48. The summed E-state index contributed by atoms with van der Waals surface area (Å²) in [6, 6.07) is 10.5. The number of carbonyl (C=O) groups is 2. The number of carboxylic acid groups (broad SMARTS) is 1. The normalized spacial score (nSPS) is 25.6. The maximum atomic E-state index is 13.7. The molecule has 4 aliphatic rings. The lowest BCUT2D eigenvalue weighted by Gasteiger charge is -2.56. The molecule has 0 saturated heterocycles. The number of carbonyl (C=O) groups excluding carboxylic acids is 1. The molecule has 2 N–H and O–H groups in total. The molecule has 39 heavy (non-hydrogen) atoms. The number of hydrogen-bond acceptors (Lipinski definition) is 5. The lowest BCUT2D eigenvalue weighted by molar-refractivity contribution is -0.169. The van der Waals surface area contributed by atoms with Gasteiger partial charge in [0.1, 0.15) is 5.69 Å². The smallest absolute Gasteiger partial charge is 0.418 e. The summed E-state index contributed by atoms with van der Waals surface area (Å²) in [6.07, 6.45) is 1.82. The van der Waals surface area contributed by atoms with Crippen molar-refractivity contribution in [1.82, 2.24) is 15.0 Å². The Hall–Kier alpha value is -3.73. The maximum Gasteiger partial charge on any atom is 0.418 e. The number of nitrogens with one attached hydrogen (secondary N) is 1. The largest absolute Gasteiger partial charge is 0.478 e. The zero-order chi connectivity index (χ0) is 27.4. The summed E-state index contributed by atoms with van der Waals surface area (Å²) in [5.74, 6) is -0.0255. The van der Waals surface area contributed by atoms with Crippen molar-refractivity contribution >= 4 is 17.6 Å². The van der Waals surface area contributed by atoms with E-state index in [1.165, 1.54) is 61.7 Å². The Morgan fingerprint density at radius 2 is 1.67 bits per heavy atom. The number of alkyl halides is 3. The summed E-state index contributed by atoms with van der Waals surface area (Å²) in [6.45, 7) is -0.0712. The number of para-hydroxylation sites is 1. The van der Waals surface area contributed by atoms with Gasteiger partial charge in [-0.2, -0.15) is 13.2 Å². The van der Waals surface area contributed by atoms with Gasteiger partial charge in [0.25, 0.3) is 5.91 Å². The number of benzene rings is 2. The Balaban J connectivity index is 1.33. The quantitative estimate of drug-likeness (QED) is 0.397. The van der Waals surface area contributed by atoms with Crippen LogP contribution < -0.4 is 5.32 Å². The second-order valence-corrected chi connectivity index (χ2v) is 11.0. The van der Waals surface area contributed by atoms with E-state index in [4.69, 9.17) is 4.74 Å². The topological polar surface area (TPSA) is 106 Å². The minimum atomic E-state index is -4.65. The summed E-state index contributed by atoms with van der Waals surface area (Å²) in [4.78, 5) is 25.5. The van der Waals surface area contributed by atoms with Crippen LogP contribution in [0.4, 0.5) is 18.9 Å². The van der Waals surface area contributed by atoms with E-state index in [9.17, 15) is 27.9 Å². The molecule has 7 rings (SSSR count). The Morgan fingerprint density at radius 3 is 2.31 bits per heavy atom. The highest BCUT2D eigenvalue weighted by atomic mass is 19.4. The third-order valence-corrected chi connectivity index (χ3v) is 8.19. The van der Waals surface area contributed by atoms with Gasteiger partial charge in [-0.3, -0.25) is 4.79 Å². The summed E-state index contributed by atoms with van der Waals surface area (Å²) in [5.41, 5.74) is -1.44. The molecule has 2 aromatic carbocycles. The number of anilines is 1. The van der Waals surface area contributed by atoms with Crippen LogP contribution in [0, 0.1) is 17.8 Å². The second-order valence-electron chi connectivity index (χ2n) is 11.0. The molecule has 0 radical (unpaired) electrons.